The minimum Gasteiger partial charge on any atom is -0.472 e. The molecule has 0 unspecified atom stereocenters. The lowest BCUT2D eigenvalue weighted by molar-refractivity contribution is 0.0947. The fraction of sp³-hybridized carbons (Fsp3) is 0.143. The fourth-order valence-corrected chi connectivity index (χ4v) is 1.89. The Morgan fingerprint density at radius 2 is 2.25 bits per heavy atom. The third-order valence-electron chi connectivity index (χ3n) is 2.94. The Labute approximate surface area is 115 Å². The van der Waals surface area contributed by atoms with Crippen LogP contribution in [0.2, 0.25) is 0 Å². The number of hydrogen-bond donors (Lipinski definition) is 1. The summed E-state index contributed by atoms with van der Waals surface area (Å²) in [6.07, 6.45) is 4.57. The van der Waals surface area contributed by atoms with E-state index >= 15 is 0 Å². The van der Waals surface area contributed by atoms with Gasteiger partial charge in [-0.25, -0.2) is 0 Å². The van der Waals surface area contributed by atoms with E-state index in [0.29, 0.717) is 17.9 Å². The highest BCUT2D eigenvalue weighted by molar-refractivity contribution is 5.93. The number of carbonyl (C=O) groups excluding carboxylic acids is 1. The number of aryl methyl sites for hydroxylation is 1. The smallest absolute Gasteiger partial charge is 0.254 e. The summed E-state index contributed by atoms with van der Waals surface area (Å²) in [5, 5.41) is 6.85. The molecule has 0 aliphatic heterocycles. The lowest BCUT2D eigenvalue weighted by atomic mass is 10.3. The van der Waals surface area contributed by atoms with Gasteiger partial charge in [0.15, 0.2) is 5.76 Å². The van der Waals surface area contributed by atoms with Crippen molar-refractivity contribution in [1.29, 1.82) is 0 Å². The number of nitrogens with one attached hydrogen (secondary N) is 1. The number of furan rings is 2. The summed E-state index contributed by atoms with van der Waals surface area (Å²) in [5.41, 5.74) is 1.38. The normalized spacial score (nSPS) is 10.7. The van der Waals surface area contributed by atoms with Gasteiger partial charge < -0.3 is 14.2 Å². The van der Waals surface area contributed by atoms with E-state index in [-0.39, 0.29) is 5.91 Å². The topological polar surface area (TPSA) is 73.2 Å². The first kappa shape index (κ1) is 12.3. The molecule has 0 radical (unpaired) electrons. The Morgan fingerprint density at radius 3 is 2.95 bits per heavy atom. The summed E-state index contributed by atoms with van der Waals surface area (Å²) in [4.78, 5) is 11.7. The molecule has 1 N–H and O–H groups in total. The van der Waals surface area contributed by atoms with Crippen molar-refractivity contribution in [1.82, 2.24) is 15.1 Å². The van der Waals surface area contributed by atoms with Crippen molar-refractivity contribution in [3.05, 3.63) is 54.3 Å². The quantitative estimate of drug-likeness (QED) is 0.789. The Morgan fingerprint density at radius 1 is 1.35 bits per heavy atom. The number of aromatic nitrogens is 2. The van der Waals surface area contributed by atoms with Crippen molar-refractivity contribution in [2.24, 2.45) is 7.05 Å². The van der Waals surface area contributed by atoms with Crippen LogP contribution in [0.3, 0.4) is 0 Å². The Hall–Kier alpha value is -2.76. The number of hydrogen-bond acceptors (Lipinski definition) is 4. The molecule has 0 saturated heterocycles. The fourth-order valence-electron chi connectivity index (χ4n) is 1.89. The largest absolute Gasteiger partial charge is 0.472 e. The molecule has 0 aliphatic carbocycles. The lowest BCUT2D eigenvalue weighted by Gasteiger charge is -2.01. The van der Waals surface area contributed by atoms with Crippen LogP contribution in [-0.4, -0.2) is 15.7 Å². The van der Waals surface area contributed by atoms with Crippen molar-refractivity contribution in [3.63, 3.8) is 0 Å². The van der Waals surface area contributed by atoms with E-state index in [1.54, 1.807) is 16.9 Å². The summed E-state index contributed by atoms with van der Waals surface area (Å²) in [7, 11) is 1.85. The summed E-state index contributed by atoms with van der Waals surface area (Å²) in [6, 6.07) is 7.17. The van der Waals surface area contributed by atoms with Gasteiger partial charge in [0, 0.05) is 13.2 Å². The maximum atomic E-state index is 11.7. The zero-order valence-corrected chi connectivity index (χ0v) is 10.9. The van der Waals surface area contributed by atoms with Gasteiger partial charge in [0.05, 0.1) is 18.4 Å². The highest BCUT2D eigenvalue weighted by Crippen LogP contribution is 2.21. The first-order chi connectivity index (χ1) is 9.74. The number of rotatable bonds is 4. The van der Waals surface area contributed by atoms with Crippen LogP contribution in [0, 0.1) is 0 Å². The highest BCUT2D eigenvalue weighted by atomic mass is 16.3. The standard InChI is InChI=1S/C14H13N3O3/c1-17-12(4-6-16-17)13-3-2-11(20-13)8-15-14(18)10-5-7-19-9-10/h2-7,9H,8H2,1H3,(H,15,18). The maximum Gasteiger partial charge on any atom is 0.254 e. The average molecular weight is 271 g/mol. The zero-order chi connectivity index (χ0) is 13.9. The zero-order valence-electron chi connectivity index (χ0n) is 10.9. The van der Waals surface area contributed by atoms with Crippen LogP contribution in [0.4, 0.5) is 0 Å². The van der Waals surface area contributed by atoms with Crippen molar-refractivity contribution in [3.8, 4) is 11.5 Å². The summed E-state index contributed by atoms with van der Waals surface area (Å²) in [5.74, 6) is 1.20. The first-order valence-corrected chi connectivity index (χ1v) is 6.11. The van der Waals surface area contributed by atoms with Crippen LogP contribution in [-0.2, 0) is 13.6 Å². The number of amides is 1. The second-order valence-electron chi connectivity index (χ2n) is 4.30. The monoisotopic (exact) mass is 271 g/mol. The van der Waals surface area contributed by atoms with Crippen LogP contribution >= 0.6 is 0 Å². The minimum absolute atomic E-state index is 0.197. The summed E-state index contributed by atoms with van der Waals surface area (Å²) in [6.45, 7) is 0.321. The van der Waals surface area contributed by atoms with E-state index in [9.17, 15) is 4.79 Å². The van der Waals surface area contributed by atoms with Gasteiger partial charge in [0.25, 0.3) is 5.91 Å². The van der Waals surface area contributed by atoms with Crippen LogP contribution in [0.25, 0.3) is 11.5 Å². The summed E-state index contributed by atoms with van der Waals surface area (Å²) >= 11 is 0. The van der Waals surface area contributed by atoms with E-state index in [2.05, 4.69) is 10.4 Å². The Bertz CT molecular complexity index is 710. The molecule has 3 rings (SSSR count). The molecule has 3 heterocycles. The third-order valence-corrected chi connectivity index (χ3v) is 2.94. The molecular formula is C14H13N3O3. The van der Waals surface area contributed by atoms with Gasteiger partial charge in [-0.15, -0.1) is 0 Å². The predicted octanol–water partition coefficient (Wildman–Crippen LogP) is 2.20. The molecule has 0 fully saturated rings. The average Bonchev–Trinajstić information content (AvgIpc) is 3.17. The van der Waals surface area contributed by atoms with Crippen molar-refractivity contribution >= 4 is 5.91 Å². The van der Waals surface area contributed by atoms with E-state index < -0.39 is 0 Å². The van der Waals surface area contributed by atoms with Crippen molar-refractivity contribution in [2.75, 3.05) is 0 Å². The highest BCUT2D eigenvalue weighted by Gasteiger charge is 2.10. The van der Waals surface area contributed by atoms with Gasteiger partial charge in [0.2, 0.25) is 0 Å². The molecule has 0 bridgehead atoms. The second-order valence-corrected chi connectivity index (χ2v) is 4.30. The van der Waals surface area contributed by atoms with Gasteiger partial charge in [-0.2, -0.15) is 5.10 Å². The molecule has 3 aromatic heterocycles. The van der Waals surface area contributed by atoms with E-state index in [0.717, 1.165) is 11.5 Å². The molecule has 6 nitrogen and oxygen atoms in total. The predicted molar refractivity (Wildman–Crippen MR) is 70.8 cm³/mol. The molecule has 20 heavy (non-hydrogen) atoms. The molecule has 0 aromatic carbocycles. The second kappa shape index (κ2) is 5.08. The van der Waals surface area contributed by atoms with Gasteiger partial charge in [-0.05, 0) is 24.3 Å². The van der Waals surface area contributed by atoms with E-state index in [1.165, 1.54) is 12.5 Å². The van der Waals surface area contributed by atoms with Crippen LogP contribution in [0.1, 0.15) is 16.1 Å². The molecule has 0 saturated carbocycles. The molecule has 102 valence electrons. The molecule has 6 heteroatoms. The van der Waals surface area contributed by atoms with E-state index in [4.69, 9.17) is 8.83 Å². The SMILES string of the molecule is Cn1nccc1-c1ccc(CNC(=O)c2ccoc2)o1. The molecule has 3 aromatic rings. The van der Waals surface area contributed by atoms with E-state index in [1.807, 2.05) is 25.2 Å². The molecular weight excluding hydrogens is 258 g/mol. The number of carbonyl (C=O) groups is 1. The van der Waals surface area contributed by atoms with Gasteiger partial charge in [-0.3, -0.25) is 9.48 Å². The summed E-state index contributed by atoms with van der Waals surface area (Å²) < 4.78 is 12.3. The van der Waals surface area contributed by atoms with Crippen LogP contribution in [0.15, 0.2) is 51.8 Å². The van der Waals surface area contributed by atoms with Gasteiger partial charge in [-0.1, -0.05) is 0 Å². The van der Waals surface area contributed by atoms with Crippen LogP contribution in [0.5, 0.6) is 0 Å². The minimum atomic E-state index is -0.197. The number of nitrogens with zero attached hydrogens (tertiary/aromatic N) is 2. The first-order valence-electron chi connectivity index (χ1n) is 6.11. The third kappa shape index (κ3) is 2.35. The maximum absolute atomic E-state index is 11.7. The lowest BCUT2D eigenvalue weighted by Crippen LogP contribution is -2.21. The molecule has 0 spiro atoms. The van der Waals surface area contributed by atoms with Gasteiger partial charge >= 0.3 is 0 Å². The van der Waals surface area contributed by atoms with Crippen molar-refractivity contribution in [2.45, 2.75) is 6.54 Å². The molecule has 0 aliphatic rings. The van der Waals surface area contributed by atoms with Crippen molar-refractivity contribution < 1.29 is 13.6 Å². The molecule has 0 atom stereocenters. The van der Waals surface area contributed by atoms with Crippen LogP contribution < -0.4 is 5.32 Å². The Balaban J connectivity index is 1.66. The molecule has 1 amide bonds. The van der Waals surface area contributed by atoms with Gasteiger partial charge in [0.1, 0.15) is 17.7 Å². The Kier molecular flexibility index (Phi) is 3.12.